The summed E-state index contributed by atoms with van der Waals surface area (Å²) in [7, 11) is 0. The highest BCUT2D eigenvalue weighted by atomic mass is 16.2. The standard InChI is InChI=1S/2C48H86N4O4/c1-5-9-17-35-21-13-25-39(29-35)49-45(53)33-43(47(55)51-41-27-15-23-37(31-41)19-11-7-3)44(48(56)52-42-28-16-24-38(32-42)20-12-8-4)34-46(54)50-40-26-14-22-36(30-40)18-10-6-2;1-5-9-13-35-17-25-39(26-18-35)49-45(53)33-43(47(55)51-41-29-21-37(22-30-41)15-11-7-3)44(48(56)52-42-31-23-38(24-32-42)16-12-8-4)34-46(54)50-40-27-19-36(20-28-40)14-10-6-2/h2*35-44H,5-34H2,1-4H3,(H,49,53)(H,50,54)(H,51,55)(H,52,56). The summed E-state index contributed by atoms with van der Waals surface area (Å²) in [4.78, 5) is 114. The SMILES string of the molecule is CCCCC1CCC(NC(=O)CC(C(=O)NC2CCC(CCCC)CC2)C(CC(=O)NC2CCC(CCCC)CC2)C(=O)NC2CCC(CCCC)CC2)CC1.CCCCC1CCCC(NC(=O)CC(C(=O)NC2CCCC(CCCC)C2)C(CC(=O)NC2CCCC(CCCC)C2)C(=O)NC2CCCC(CCCC)C2)C1. The van der Waals surface area contributed by atoms with E-state index in [2.05, 4.69) is 97.9 Å². The second-order valence-corrected chi connectivity index (χ2v) is 38.5. The van der Waals surface area contributed by atoms with Crippen LogP contribution in [-0.4, -0.2) is 95.6 Å². The second kappa shape index (κ2) is 54.7. The number of hydrogen-bond acceptors (Lipinski definition) is 8. The monoisotopic (exact) mass is 1570 g/mol. The molecule has 12 atom stereocenters. The molecule has 0 aliphatic heterocycles. The minimum absolute atomic E-state index is 0.0406. The zero-order valence-corrected chi connectivity index (χ0v) is 73.2. The number of carbonyl (C=O) groups excluding carboxylic acids is 8. The third-order valence-electron chi connectivity index (χ3n) is 29.0. The first-order valence-corrected chi connectivity index (χ1v) is 48.8. The topological polar surface area (TPSA) is 233 Å². The molecule has 16 nitrogen and oxygen atoms in total. The van der Waals surface area contributed by atoms with E-state index in [1.54, 1.807) is 0 Å². The van der Waals surface area contributed by atoms with Crippen LogP contribution in [0, 0.1) is 71.0 Å². The van der Waals surface area contributed by atoms with Crippen molar-refractivity contribution in [1.29, 1.82) is 0 Å². The van der Waals surface area contributed by atoms with Crippen LogP contribution in [-0.2, 0) is 38.4 Å². The Morgan fingerprint density at radius 3 is 0.580 bits per heavy atom. The summed E-state index contributed by atoms with van der Waals surface area (Å²) in [5.74, 6) is 0.192. The predicted molar refractivity (Wildman–Crippen MR) is 460 cm³/mol. The Morgan fingerprint density at radius 2 is 0.375 bits per heavy atom. The van der Waals surface area contributed by atoms with Crippen molar-refractivity contribution in [1.82, 2.24) is 42.5 Å². The molecule has 8 aliphatic carbocycles. The van der Waals surface area contributed by atoms with Gasteiger partial charge in [0, 0.05) is 74.0 Å². The zero-order chi connectivity index (χ0) is 80.2. The highest BCUT2D eigenvalue weighted by Gasteiger charge is 2.43. The van der Waals surface area contributed by atoms with Gasteiger partial charge >= 0.3 is 0 Å². The summed E-state index contributed by atoms with van der Waals surface area (Å²) >= 11 is 0. The number of unbranched alkanes of at least 4 members (excludes halogenated alkanes) is 8. The Balaban J connectivity index is 0.000000311. The lowest BCUT2D eigenvalue weighted by Gasteiger charge is -2.35. The van der Waals surface area contributed by atoms with Gasteiger partial charge in [-0.2, -0.15) is 0 Å². The van der Waals surface area contributed by atoms with Crippen molar-refractivity contribution in [3.05, 3.63) is 0 Å². The summed E-state index contributed by atoms with van der Waals surface area (Å²) in [5, 5.41) is 26.7. The highest BCUT2D eigenvalue weighted by Crippen LogP contribution is 2.38. The van der Waals surface area contributed by atoms with Crippen molar-refractivity contribution >= 4 is 47.3 Å². The van der Waals surface area contributed by atoms with E-state index in [1.807, 2.05) is 0 Å². The molecule has 0 spiro atoms. The first-order chi connectivity index (χ1) is 54.4. The van der Waals surface area contributed by atoms with E-state index in [4.69, 9.17) is 0 Å². The van der Waals surface area contributed by atoms with E-state index >= 15 is 0 Å². The summed E-state index contributed by atoms with van der Waals surface area (Å²) in [6.45, 7) is 17.9. The molecular formula is C96H172N8O8. The largest absolute Gasteiger partial charge is 0.353 e. The van der Waals surface area contributed by atoms with Crippen LogP contribution >= 0.6 is 0 Å². The summed E-state index contributed by atoms with van der Waals surface area (Å²) < 4.78 is 0. The Kier molecular flexibility index (Phi) is 46.3. The molecule has 0 radical (unpaired) electrons. The van der Waals surface area contributed by atoms with Crippen LogP contribution in [0.3, 0.4) is 0 Å². The maximum Gasteiger partial charge on any atom is 0.224 e. The number of rotatable bonds is 46. The maximum absolute atomic E-state index is 14.7. The molecule has 0 aromatic rings. The first kappa shape index (κ1) is 94.9. The minimum Gasteiger partial charge on any atom is -0.353 e. The number of carbonyl (C=O) groups is 8. The zero-order valence-electron chi connectivity index (χ0n) is 73.2. The van der Waals surface area contributed by atoms with Crippen molar-refractivity contribution in [2.75, 3.05) is 0 Å². The fraction of sp³-hybridized carbons (Fsp3) is 0.917. The van der Waals surface area contributed by atoms with E-state index in [1.165, 1.54) is 180 Å². The van der Waals surface area contributed by atoms with Crippen LogP contribution in [0.1, 0.15) is 441 Å². The van der Waals surface area contributed by atoms with Crippen molar-refractivity contribution in [2.45, 2.75) is 489 Å². The smallest absolute Gasteiger partial charge is 0.224 e. The van der Waals surface area contributed by atoms with Crippen molar-refractivity contribution < 1.29 is 38.4 Å². The molecule has 8 saturated carbocycles. The van der Waals surface area contributed by atoms with Crippen molar-refractivity contribution in [3.8, 4) is 0 Å². The van der Waals surface area contributed by atoms with Gasteiger partial charge in [0.25, 0.3) is 0 Å². The highest BCUT2D eigenvalue weighted by molar-refractivity contribution is 5.95. The van der Waals surface area contributed by atoms with Gasteiger partial charge in [0.05, 0.1) is 23.7 Å². The second-order valence-electron chi connectivity index (χ2n) is 38.5. The molecule has 16 heteroatoms. The maximum atomic E-state index is 14.7. The Hall–Kier alpha value is -4.24. The molecule has 8 rings (SSSR count). The number of nitrogens with one attached hydrogen (secondary N) is 8. The van der Waals surface area contributed by atoms with Gasteiger partial charge in [-0.3, -0.25) is 38.4 Å². The molecule has 12 unspecified atom stereocenters. The van der Waals surface area contributed by atoms with Crippen LogP contribution in [0.2, 0.25) is 0 Å². The molecule has 0 heterocycles. The average molecular weight is 1570 g/mol. The van der Waals surface area contributed by atoms with Gasteiger partial charge in [-0.15, -0.1) is 0 Å². The predicted octanol–water partition coefficient (Wildman–Crippen LogP) is 20.9. The van der Waals surface area contributed by atoms with Gasteiger partial charge in [0.15, 0.2) is 0 Å². The lowest BCUT2D eigenvalue weighted by atomic mass is 9.79. The van der Waals surface area contributed by atoms with Gasteiger partial charge in [0.2, 0.25) is 47.3 Å². The molecule has 8 aliphatic rings. The molecule has 0 bridgehead atoms. The van der Waals surface area contributed by atoms with E-state index < -0.39 is 23.7 Å². The summed E-state index contributed by atoms with van der Waals surface area (Å²) in [6.07, 6.45) is 62.3. The molecule has 112 heavy (non-hydrogen) atoms. The summed E-state index contributed by atoms with van der Waals surface area (Å²) in [5.41, 5.74) is 0. The first-order valence-electron chi connectivity index (χ1n) is 48.8. The van der Waals surface area contributed by atoms with Gasteiger partial charge in [-0.1, -0.05) is 261 Å². The lowest BCUT2D eigenvalue weighted by Crippen LogP contribution is -2.51. The molecule has 8 fully saturated rings. The normalized spacial score (nSPS) is 29.4. The molecule has 644 valence electrons. The fourth-order valence-corrected chi connectivity index (χ4v) is 21.9. The van der Waals surface area contributed by atoms with Crippen molar-refractivity contribution in [2.24, 2.45) is 71.0 Å². The van der Waals surface area contributed by atoms with E-state index in [9.17, 15) is 38.4 Å². The lowest BCUT2D eigenvalue weighted by molar-refractivity contribution is -0.141. The van der Waals surface area contributed by atoms with Crippen LogP contribution < -0.4 is 42.5 Å². The van der Waals surface area contributed by atoms with Gasteiger partial charge in [-0.05, 0) is 201 Å². The van der Waals surface area contributed by atoms with Crippen molar-refractivity contribution in [3.63, 3.8) is 0 Å². The molecule has 0 saturated heterocycles. The van der Waals surface area contributed by atoms with Crippen LogP contribution in [0.4, 0.5) is 0 Å². The van der Waals surface area contributed by atoms with Crippen LogP contribution in [0.5, 0.6) is 0 Å². The Labute approximate surface area is 684 Å². The molecule has 0 aromatic carbocycles. The van der Waals surface area contributed by atoms with Gasteiger partial charge in [0.1, 0.15) is 0 Å². The molecular weight excluding hydrogens is 1390 g/mol. The Bertz CT molecular complexity index is 2470. The van der Waals surface area contributed by atoms with Gasteiger partial charge in [-0.25, -0.2) is 0 Å². The third kappa shape index (κ3) is 35.9. The number of amides is 8. The molecule has 8 N–H and O–H groups in total. The van der Waals surface area contributed by atoms with Gasteiger partial charge < -0.3 is 42.5 Å². The van der Waals surface area contributed by atoms with Crippen LogP contribution in [0.15, 0.2) is 0 Å². The quantitative estimate of drug-likeness (QED) is 0.0291. The minimum atomic E-state index is -0.903. The van der Waals surface area contributed by atoms with E-state index in [0.29, 0.717) is 35.5 Å². The average Bonchev–Trinajstić information content (AvgIpc) is 0.827. The van der Waals surface area contributed by atoms with Crippen LogP contribution in [0.25, 0.3) is 0 Å². The molecule has 0 aromatic heterocycles. The van der Waals surface area contributed by atoms with E-state index in [-0.39, 0.29) is 121 Å². The fourth-order valence-electron chi connectivity index (χ4n) is 21.9. The van der Waals surface area contributed by atoms with E-state index in [0.717, 1.165) is 192 Å². The number of hydrogen-bond donors (Lipinski definition) is 8. The summed E-state index contributed by atoms with van der Waals surface area (Å²) in [6, 6.07) is 0.583. The Morgan fingerprint density at radius 1 is 0.205 bits per heavy atom. The molecule has 8 amide bonds. The third-order valence-corrected chi connectivity index (χ3v) is 29.0.